The van der Waals surface area contributed by atoms with Gasteiger partial charge in [-0.1, -0.05) is 13.3 Å². The predicted molar refractivity (Wildman–Crippen MR) is 59.8 cm³/mol. The monoisotopic (exact) mass is 232 g/mol. The molecule has 0 aromatic heterocycles. The maximum Gasteiger partial charge on any atom is 0.214 e. The van der Waals surface area contributed by atoms with Gasteiger partial charge in [0.2, 0.25) is 10.0 Å². The van der Waals surface area contributed by atoms with E-state index in [0.29, 0.717) is 24.8 Å². The Labute approximate surface area is 91.9 Å². The van der Waals surface area contributed by atoms with Crippen molar-refractivity contribution in [3.63, 3.8) is 0 Å². The minimum atomic E-state index is -2.98. The van der Waals surface area contributed by atoms with E-state index < -0.39 is 10.0 Å². The van der Waals surface area contributed by atoms with Crippen molar-refractivity contribution in [2.75, 3.05) is 18.8 Å². The first kappa shape index (κ1) is 11.4. The fraction of sp³-hybridized carbons (Fsp3) is 1.00. The van der Waals surface area contributed by atoms with E-state index in [-0.39, 0.29) is 12.0 Å². The zero-order chi connectivity index (χ0) is 11.1. The number of nitrogens with two attached hydrogens (primary N) is 1. The Hall–Kier alpha value is -0.130. The molecule has 1 saturated carbocycles. The van der Waals surface area contributed by atoms with Crippen LogP contribution in [-0.2, 0) is 10.0 Å². The number of rotatable bonds is 2. The second kappa shape index (κ2) is 4.03. The maximum absolute atomic E-state index is 11.9. The summed E-state index contributed by atoms with van der Waals surface area (Å²) in [5.74, 6) is 0.972. The Morgan fingerprint density at radius 2 is 2.13 bits per heavy atom. The van der Waals surface area contributed by atoms with Gasteiger partial charge in [-0.2, -0.15) is 4.31 Å². The molecule has 2 aliphatic rings. The van der Waals surface area contributed by atoms with Crippen molar-refractivity contribution in [2.45, 2.75) is 32.2 Å². The fourth-order valence-electron chi connectivity index (χ4n) is 2.94. The third-order valence-corrected chi connectivity index (χ3v) is 5.76. The van der Waals surface area contributed by atoms with E-state index in [9.17, 15) is 8.42 Å². The van der Waals surface area contributed by atoms with Gasteiger partial charge in [0.25, 0.3) is 0 Å². The first-order valence-electron chi connectivity index (χ1n) is 5.74. The minimum absolute atomic E-state index is 0.185. The molecule has 0 aromatic rings. The molecule has 0 aromatic carbocycles. The molecular formula is C10H20N2O2S. The topological polar surface area (TPSA) is 63.4 Å². The van der Waals surface area contributed by atoms with E-state index in [0.717, 1.165) is 19.3 Å². The molecule has 3 unspecified atom stereocenters. The highest BCUT2D eigenvalue weighted by molar-refractivity contribution is 7.89. The zero-order valence-electron chi connectivity index (χ0n) is 9.22. The average Bonchev–Trinajstić information content (AvgIpc) is 2.68. The molecule has 3 atom stereocenters. The normalized spacial score (nSPS) is 41.1. The van der Waals surface area contributed by atoms with Crippen molar-refractivity contribution >= 4 is 10.0 Å². The molecule has 4 nitrogen and oxygen atoms in total. The lowest BCUT2D eigenvalue weighted by atomic mass is 10.0. The van der Waals surface area contributed by atoms with Crippen molar-refractivity contribution in [1.29, 1.82) is 0 Å². The largest absolute Gasteiger partial charge is 0.330 e. The third-order valence-electron chi connectivity index (χ3n) is 3.64. The van der Waals surface area contributed by atoms with Crippen LogP contribution < -0.4 is 5.73 Å². The number of nitrogens with zero attached hydrogens (tertiary/aromatic N) is 1. The fourth-order valence-corrected chi connectivity index (χ4v) is 5.13. The van der Waals surface area contributed by atoms with Gasteiger partial charge in [-0.15, -0.1) is 0 Å². The standard InChI is InChI=1S/C10H20N2O2S/c1-8-6-12(15(13,14)7-8)10-4-2-3-9(10)5-11/h8-10H,2-7,11H2,1H3. The van der Waals surface area contributed by atoms with Crippen LogP contribution in [0.25, 0.3) is 0 Å². The van der Waals surface area contributed by atoms with Gasteiger partial charge in [0, 0.05) is 12.6 Å². The molecule has 1 saturated heterocycles. The summed E-state index contributed by atoms with van der Waals surface area (Å²) in [4.78, 5) is 0. The van der Waals surface area contributed by atoms with Gasteiger partial charge >= 0.3 is 0 Å². The summed E-state index contributed by atoms with van der Waals surface area (Å²) in [6.45, 7) is 3.32. The molecule has 2 N–H and O–H groups in total. The highest BCUT2D eigenvalue weighted by Gasteiger charge is 2.42. The highest BCUT2D eigenvalue weighted by atomic mass is 32.2. The van der Waals surface area contributed by atoms with Gasteiger partial charge in [0.1, 0.15) is 0 Å². The van der Waals surface area contributed by atoms with Crippen molar-refractivity contribution in [3.05, 3.63) is 0 Å². The lowest BCUT2D eigenvalue weighted by molar-refractivity contribution is 0.269. The Morgan fingerprint density at radius 3 is 2.67 bits per heavy atom. The van der Waals surface area contributed by atoms with Gasteiger partial charge in [-0.05, 0) is 31.2 Å². The van der Waals surface area contributed by atoms with Gasteiger partial charge in [-0.25, -0.2) is 8.42 Å². The smallest absolute Gasteiger partial charge is 0.214 e. The van der Waals surface area contributed by atoms with Crippen LogP contribution in [-0.4, -0.2) is 37.6 Å². The molecule has 88 valence electrons. The number of hydrogen-bond donors (Lipinski definition) is 1. The van der Waals surface area contributed by atoms with Crippen LogP contribution in [0.1, 0.15) is 26.2 Å². The van der Waals surface area contributed by atoms with Gasteiger partial charge in [0.05, 0.1) is 5.75 Å². The summed E-state index contributed by atoms with van der Waals surface area (Å²) >= 11 is 0. The summed E-state index contributed by atoms with van der Waals surface area (Å²) < 4.78 is 25.5. The van der Waals surface area contributed by atoms with Crippen molar-refractivity contribution in [2.24, 2.45) is 17.6 Å². The van der Waals surface area contributed by atoms with E-state index in [4.69, 9.17) is 5.73 Å². The lowest BCUT2D eigenvalue weighted by Gasteiger charge is -2.27. The molecule has 15 heavy (non-hydrogen) atoms. The first-order valence-corrected chi connectivity index (χ1v) is 7.35. The molecule has 5 heteroatoms. The van der Waals surface area contributed by atoms with Gasteiger partial charge in [-0.3, -0.25) is 0 Å². The average molecular weight is 232 g/mol. The van der Waals surface area contributed by atoms with Crippen LogP contribution in [0.15, 0.2) is 0 Å². The SMILES string of the molecule is CC1CN(C2CCCC2CN)S(=O)(=O)C1. The lowest BCUT2D eigenvalue weighted by Crippen LogP contribution is -2.41. The van der Waals surface area contributed by atoms with E-state index in [1.54, 1.807) is 4.31 Å². The molecule has 0 radical (unpaired) electrons. The molecule has 1 aliphatic heterocycles. The summed E-state index contributed by atoms with van der Waals surface area (Å²) in [6.07, 6.45) is 3.20. The van der Waals surface area contributed by atoms with E-state index in [1.807, 2.05) is 6.92 Å². The second-order valence-corrected chi connectivity index (χ2v) is 6.91. The van der Waals surface area contributed by atoms with Gasteiger partial charge in [0.15, 0.2) is 0 Å². The van der Waals surface area contributed by atoms with Crippen LogP contribution in [0, 0.1) is 11.8 Å². The molecule has 0 amide bonds. The van der Waals surface area contributed by atoms with Gasteiger partial charge < -0.3 is 5.73 Å². The maximum atomic E-state index is 11.9. The highest BCUT2D eigenvalue weighted by Crippen LogP contribution is 2.34. The third kappa shape index (κ3) is 2.05. The van der Waals surface area contributed by atoms with Crippen LogP contribution in [0.2, 0.25) is 0 Å². The molecule has 2 rings (SSSR count). The van der Waals surface area contributed by atoms with Crippen LogP contribution in [0.3, 0.4) is 0 Å². The minimum Gasteiger partial charge on any atom is -0.330 e. The molecule has 0 spiro atoms. The van der Waals surface area contributed by atoms with Crippen LogP contribution in [0.4, 0.5) is 0 Å². The van der Waals surface area contributed by atoms with Crippen molar-refractivity contribution in [1.82, 2.24) is 4.31 Å². The summed E-state index contributed by atoms with van der Waals surface area (Å²) in [7, 11) is -2.98. The van der Waals surface area contributed by atoms with E-state index >= 15 is 0 Å². The summed E-state index contributed by atoms with van der Waals surface area (Å²) in [5, 5.41) is 0. The van der Waals surface area contributed by atoms with Crippen molar-refractivity contribution < 1.29 is 8.42 Å². The predicted octanol–water partition coefficient (Wildman–Crippen LogP) is 0.395. The molecule has 1 heterocycles. The Balaban J connectivity index is 2.16. The molecule has 2 fully saturated rings. The molecule has 0 bridgehead atoms. The second-order valence-electron chi connectivity index (χ2n) is 4.95. The number of hydrogen-bond acceptors (Lipinski definition) is 3. The van der Waals surface area contributed by atoms with Crippen LogP contribution >= 0.6 is 0 Å². The molecule has 1 aliphatic carbocycles. The molecular weight excluding hydrogens is 212 g/mol. The summed E-state index contributed by atoms with van der Waals surface area (Å²) in [6, 6.07) is 0.185. The first-order chi connectivity index (χ1) is 7.04. The van der Waals surface area contributed by atoms with Crippen LogP contribution in [0.5, 0.6) is 0 Å². The van der Waals surface area contributed by atoms with Crippen molar-refractivity contribution in [3.8, 4) is 0 Å². The Kier molecular flexibility index (Phi) is 3.05. The Morgan fingerprint density at radius 1 is 1.40 bits per heavy atom. The van der Waals surface area contributed by atoms with E-state index in [2.05, 4.69) is 0 Å². The zero-order valence-corrected chi connectivity index (χ0v) is 10.0. The summed E-state index contributed by atoms with van der Waals surface area (Å²) in [5.41, 5.74) is 5.69. The van der Waals surface area contributed by atoms with E-state index in [1.165, 1.54) is 0 Å². The Bertz CT molecular complexity index is 328. The number of sulfonamides is 1. The quantitative estimate of drug-likeness (QED) is 0.749.